The maximum atomic E-state index is 9.66. The van der Waals surface area contributed by atoms with Crippen molar-refractivity contribution in [3.8, 4) is 5.75 Å². The lowest BCUT2D eigenvalue weighted by Gasteiger charge is -2.33. The number of hydrogen-bond acceptors (Lipinski definition) is 3. The summed E-state index contributed by atoms with van der Waals surface area (Å²) in [6, 6.07) is 7.88. The van der Waals surface area contributed by atoms with Gasteiger partial charge < -0.3 is 15.2 Å². The van der Waals surface area contributed by atoms with Crippen LogP contribution < -0.4 is 10.1 Å². The standard InChI is InChI=1S/C14H21NO2/c1-3-14(10-16,11-4-5-11)15-12-6-8-13(17-2)9-7-12/h6-9,11,15-16H,3-5,10H2,1-2H3. The quantitative estimate of drug-likeness (QED) is 0.796. The van der Waals surface area contributed by atoms with Gasteiger partial charge in [0.15, 0.2) is 0 Å². The van der Waals surface area contributed by atoms with E-state index in [1.807, 2.05) is 24.3 Å². The van der Waals surface area contributed by atoms with Crippen LogP contribution in [0.3, 0.4) is 0 Å². The Morgan fingerprint density at radius 1 is 1.35 bits per heavy atom. The molecule has 1 aliphatic carbocycles. The fraction of sp³-hybridized carbons (Fsp3) is 0.571. The predicted octanol–water partition coefficient (Wildman–Crippen LogP) is 2.66. The molecule has 3 heteroatoms. The summed E-state index contributed by atoms with van der Waals surface area (Å²) in [6.45, 7) is 2.32. The number of ether oxygens (including phenoxy) is 1. The first kappa shape index (κ1) is 12.2. The van der Waals surface area contributed by atoms with Crippen LogP contribution in [0.4, 0.5) is 5.69 Å². The van der Waals surface area contributed by atoms with Crippen molar-refractivity contribution in [2.24, 2.45) is 5.92 Å². The van der Waals surface area contributed by atoms with Crippen LogP contribution in [-0.2, 0) is 0 Å². The Hall–Kier alpha value is -1.22. The van der Waals surface area contributed by atoms with Gasteiger partial charge in [-0.1, -0.05) is 6.92 Å². The third-order valence-corrected chi connectivity index (χ3v) is 3.76. The smallest absolute Gasteiger partial charge is 0.119 e. The zero-order valence-electron chi connectivity index (χ0n) is 10.6. The van der Waals surface area contributed by atoms with Gasteiger partial charge in [-0.3, -0.25) is 0 Å². The summed E-state index contributed by atoms with van der Waals surface area (Å²) < 4.78 is 5.13. The van der Waals surface area contributed by atoms with E-state index < -0.39 is 0 Å². The number of anilines is 1. The summed E-state index contributed by atoms with van der Waals surface area (Å²) in [4.78, 5) is 0. The second-order valence-corrected chi connectivity index (χ2v) is 4.80. The largest absolute Gasteiger partial charge is 0.497 e. The monoisotopic (exact) mass is 235 g/mol. The fourth-order valence-electron chi connectivity index (χ4n) is 2.36. The third kappa shape index (κ3) is 2.55. The molecule has 0 saturated heterocycles. The van der Waals surface area contributed by atoms with E-state index in [9.17, 15) is 5.11 Å². The molecule has 1 atom stereocenters. The van der Waals surface area contributed by atoms with E-state index in [0.29, 0.717) is 5.92 Å². The van der Waals surface area contributed by atoms with Crippen molar-refractivity contribution >= 4 is 5.69 Å². The molecule has 2 rings (SSSR count). The van der Waals surface area contributed by atoms with E-state index in [1.54, 1.807) is 7.11 Å². The van der Waals surface area contributed by atoms with E-state index in [-0.39, 0.29) is 12.1 Å². The highest BCUT2D eigenvalue weighted by Gasteiger charge is 2.43. The van der Waals surface area contributed by atoms with Gasteiger partial charge in [-0.15, -0.1) is 0 Å². The molecule has 1 aliphatic rings. The summed E-state index contributed by atoms with van der Waals surface area (Å²) >= 11 is 0. The lowest BCUT2D eigenvalue weighted by atomic mass is 9.90. The van der Waals surface area contributed by atoms with Crippen LogP contribution in [0.5, 0.6) is 5.75 Å². The molecule has 0 aliphatic heterocycles. The van der Waals surface area contributed by atoms with Crippen molar-refractivity contribution in [2.75, 3.05) is 19.0 Å². The first-order chi connectivity index (χ1) is 8.24. The van der Waals surface area contributed by atoms with Crippen molar-refractivity contribution in [3.63, 3.8) is 0 Å². The highest BCUT2D eigenvalue weighted by atomic mass is 16.5. The van der Waals surface area contributed by atoms with Gasteiger partial charge in [0, 0.05) is 5.69 Å². The molecular formula is C14H21NO2. The van der Waals surface area contributed by atoms with Gasteiger partial charge in [0.05, 0.1) is 19.3 Å². The number of aliphatic hydroxyl groups excluding tert-OH is 1. The Morgan fingerprint density at radius 2 is 2.00 bits per heavy atom. The highest BCUT2D eigenvalue weighted by Crippen LogP contribution is 2.43. The summed E-state index contributed by atoms with van der Waals surface area (Å²) in [5.74, 6) is 1.47. The molecule has 1 aromatic carbocycles. The molecular weight excluding hydrogens is 214 g/mol. The van der Waals surface area contributed by atoms with Crippen LogP contribution in [0.1, 0.15) is 26.2 Å². The van der Waals surface area contributed by atoms with Gasteiger partial charge in [-0.2, -0.15) is 0 Å². The molecule has 17 heavy (non-hydrogen) atoms. The first-order valence-electron chi connectivity index (χ1n) is 6.27. The van der Waals surface area contributed by atoms with Crippen molar-refractivity contribution in [1.82, 2.24) is 0 Å². The first-order valence-corrected chi connectivity index (χ1v) is 6.27. The lowest BCUT2D eigenvalue weighted by molar-refractivity contribution is 0.188. The number of methoxy groups -OCH3 is 1. The second-order valence-electron chi connectivity index (χ2n) is 4.80. The summed E-state index contributed by atoms with van der Waals surface area (Å²) in [5.41, 5.74) is 0.905. The number of hydrogen-bond donors (Lipinski definition) is 2. The molecule has 1 saturated carbocycles. The second kappa shape index (κ2) is 4.96. The average molecular weight is 235 g/mol. The zero-order valence-corrected chi connectivity index (χ0v) is 10.6. The molecule has 3 nitrogen and oxygen atoms in total. The molecule has 2 N–H and O–H groups in total. The van der Waals surface area contributed by atoms with Crippen LogP contribution in [0.2, 0.25) is 0 Å². The molecule has 1 unspecified atom stereocenters. The Kier molecular flexibility index (Phi) is 3.57. The predicted molar refractivity (Wildman–Crippen MR) is 69.4 cm³/mol. The van der Waals surface area contributed by atoms with Gasteiger partial charge in [0.25, 0.3) is 0 Å². The minimum absolute atomic E-state index is 0.144. The molecule has 0 radical (unpaired) electrons. The molecule has 94 valence electrons. The van der Waals surface area contributed by atoms with Gasteiger partial charge in [0.2, 0.25) is 0 Å². The average Bonchev–Trinajstić information content (AvgIpc) is 3.21. The Morgan fingerprint density at radius 3 is 2.41 bits per heavy atom. The van der Waals surface area contributed by atoms with Gasteiger partial charge in [0.1, 0.15) is 5.75 Å². The summed E-state index contributed by atoms with van der Waals surface area (Å²) in [6.07, 6.45) is 3.38. The fourth-order valence-corrected chi connectivity index (χ4v) is 2.36. The van der Waals surface area contributed by atoms with Crippen molar-refractivity contribution in [1.29, 1.82) is 0 Å². The molecule has 0 heterocycles. The number of rotatable bonds is 6. The number of benzene rings is 1. The Balaban J connectivity index is 2.11. The van der Waals surface area contributed by atoms with E-state index >= 15 is 0 Å². The molecule has 0 aromatic heterocycles. The van der Waals surface area contributed by atoms with Gasteiger partial charge in [-0.25, -0.2) is 0 Å². The summed E-state index contributed by atoms with van der Waals surface area (Å²) in [5, 5.41) is 13.2. The van der Waals surface area contributed by atoms with Crippen LogP contribution in [0.15, 0.2) is 24.3 Å². The van der Waals surface area contributed by atoms with E-state index in [4.69, 9.17) is 4.74 Å². The minimum atomic E-state index is -0.144. The SMILES string of the molecule is CCC(CO)(Nc1ccc(OC)cc1)C1CC1. The van der Waals surface area contributed by atoms with Crippen LogP contribution >= 0.6 is 0 Å². The van der Waals surface area contributed by atoms with Gasteiger partial charge >= 0.3 is 0 Å². The zero-order chi connectivity index (χ0) is 12.3. The van der Waals surface area contributed by atoms with Gasteiger partial charge in [-0.05, 0) is 49.4 Å². The minimum Gasteiger partial charge on any atom is -0.497 e. The normalized spacial score (nSPS) is 18.5. The topological polar surface area (TPSA) is 41.5 Å². The van der Waals surface area contributed by atoms with Crippen LogP contribution in [0.25, 0.3) is 0 Å². The maximum absolute atomic E-state index is 9.66. The third-order valence-electron chi connectivity index (χ3n) is 3.76. The highest BCUT2D eigenvalue weighted by molar-refractivity contribution is 5.49. The maximum Gasteiger partial charge on any atom is 0.119 e. The van der Waals surface area contributed by atoms with Crippen LogP contribution in [0, 0.1) is 5.92 Å². The number of nitrogens with one attached hydrogen (secondary N) is 1. The molecule has 1 fully saturated rings. The molecule has 0 spiro atoms. The molecule has 0 amide bonds. The van der Waals surface area contributed by atoms with Crippen molar-refractivity contribution in [2.45, 2.75) is 31.7 Å². The van der Waals surface area contributed by atoms with Crippen molar-refractivity contribution < 1.29 is 9.84 Å². The van der Waals surface area contributed by atoms with E-state index in [1.165, 1.54) is 12.8 Å². The Bertz CT molecular complexity index is 353. The van der Waals surface area contributed by atoms with Crippen molar-refractivity contribution in [3.05, 3.63) is 24.3 Å². The number of aliphatic hydroxyl groups is 1. The molecule has 0 bridgehead atoms. The summed E-state index contributed by atoms with van der Waals surface area (Å²) in [7, 11) is 1.66. The molecule has 1 aromatic rings. The van der Waals surface area contributed by atoms with E-state index in [2.05, 4.69) is 12.2 Å². The van der Waals surface area contributed by atoms with Crippen LogP contribution in [-0.4, -0.2) is 24.4 Å². The lowest BCUT2D eigenvalue weighted by Crippen LogP contribution is -2.43. The Labute approximate surface area is 103 Å². The van der Waals surface area contributed by atoms with E-state index in [0.717, 1.165) is 17.9 Å².